The van der Waals surface area contributed by atoms with E-state index in [9.17, 15) is 19.2 Å². The molecule has 8 nitrogen and oxygen atoms in total. The van der Waals surface area contributed by atoms with Crippen LogP contribution in [0.5, 0.6) is 23.0 Å². The zero-order valence-corrected chi connectivity index (χ0v) is 34.3. The van der Waals surface area contributed by atoms with Crippen molar-refractivity contribution >= 4 is 23.9 Å². The van der Waals surface area contributed by atoms with Gasteiger partial charge in [0.05, 0.1) is 23.7 Å². The summed E-state index contributed by atoms with van der Waals surface area (Å²) < 4.78 is 22.0. The smallest absolute Gasteiger partial charge is 0.314 e. The molecular formula is C50H64O8. The van der Waals surface area contributed by atoms with Crippen molar-refractivity contribution in [3.05, 3.63) is 120 Å². The van der Waals surface area contributed by atoms with E-state index in [4.69, 9.17) is 18.9 Å². The van der Waals surface area contributed by atoms with Crippen molar-refractivity contribution in [3.8, 4) is 23.0 Å². The number of hydrogen-bond acceptors (Lipinski definition) is 8. The molecule has 4 aromatic rings. The highest BCUT2D eigenvalue weighted by Crippen LogP contribution is 2.33. The lowest BCUT2D eigenvalue weighted by Crippen LogP contribution is -2.30. The Kier molecular flexibility index (Phi) is 18.1. The number of unbranched alkanes of at least 4 members (excludes halogenated alkanes) is 4. The van der Waals surface area contributed by atoms with Crippen molar-refractivity contribution in [2.75, 3.05) is 0 Å². The average molecular weight is 793 g/mol. The Hall–Kier alpha value is -5.24. The van der Waals surface area contributed by atoms with Gasteiger partial charge in [0.1, 0.15) is 23.0 Å². The van der Waals surface area contributed by atoms with Crippen LogP contribution in [0, 0.1) is 23.7 Å². The third-order valence-corrected chi connectivity index (χ3v) is 11.1. The molecule has 0 aliphatic heterocycles. The van der Waals surface area contributed by atoms with Gasteiger partial charge in [0.2, 0.25) is 0 Å². The van der Waals surface area contributed by atoms with Crippen molar-refractivity contribution in [2.45, 2.75) is 117 Å². The summed E-state index contributed by atoms with van der Waals surface area (Å²) in [5, 5.41) is 0. The molecule has 2 aliphatic rings. The minimum Gasteiger partial charge on any atom is -0.426 e. The van der Waals surface area contributed by atoms with E-state index in [0.29, 0.717) is 74.4 Å². The standard InChI is InChI=1S/C30H40O4.C20H20O4.2H2/c1-3-5-6-7-8-10-24-13-21-28(22-14-24)34-30(32)26-17-15-25(16-18-26)29(31)33-27-19-11-23(9-4-2)12-20-27;21-19(23-17-7-3-1-4-8-17)15-11-13-16(14-12-15)20(22)24-18-9-5-2-6-10-18;;/h11-14,19-22,25-26H,3-10,15-18H2,1-2H3;1-10,15-16H,11-14H2;2*1H. The second-order valence-electron chi connectivity index (χ2n) is 15.6. The molecule has 58 heavy (non-hydrogen) atoms. The molecule has 0 bridgehead atoms. The van der Waals surface area contributed by atoms with Crippen LogP contribution in [0.3, 0.4) is 0 Å². The van der Waals surface area contributed by atoms with Crippen molar-refractivity contribution in [1.82, 2.24) is 0 Å². The summed E-state index contributed by atoms with van der Waals surface area (Å²) in [4.78, 5) is 49.6. The second kappa shape index (κ2) is 23.9. The Bertz CT molecular complexity index is 1770. The van der Waals surface area contributed by atoms with E-state index in [2.05, 4.69) is 26.0 Å². The third-order valence-electron chi connectivity index (χ3n) is 11.1. The summed E-state index contributed by atoms with van der Waals surface area (Å²) in [7, 11) is 0. The van der Waals surface area contributed by atoms with Gasteiger partial charge < -0.3 is 18.9 Å². The van der Waals surface area contributed by atoms with Gasteiger partial charge in [-0.05, 0) is 130 Å². The molecule has 8 heteroatoms. The molecule has 2 fully saturated rings. The largest absolute Gasteiger partial charge is 0.426 e. The van der Waals surface area contributed by atoms with Crippen LogP contribution in [0.25, 0.3) is 0 Å². The first-order chi connectivity index (χ1) is 28.3. The van der Waals surface area contributed by atoms with Crippen LogP contribution < -0.4 is 18.9 Å². The quantitative estimate of drug-likeness (QED) is 0.0627. The minimum absolute atomic E-state index is 0. The summed E-state index contributed by atoms with van der Waals surface area (Å²) in [5.74, 6) is 0.909. The molecule has 312 valence electrons. The van der Waals surface area contributed by atoms with Crippen molar-refractivity contribution < 1.29 is 41.0 Å². The van der Waals surface area contributed by atoms with E-state index < -0.39 is 0 Å². The van der Waals surface area contributed by atoms with Gasteiger partial charge in [0.15, 0.2) is 0 Å². The first kappa shape index (κ1) is 43.9. The van der Waals surface area contributed by atoms with E-state index in [-0.39, 0.29) is 50.4 Å². The number of ether oxygens (including phenoxy) is 4. The molecule has 0 atom stereocenters. The molecule has 2 saturated carbocycles. The fourth-order valence-corrected chi connectivity index (χ4v) is 7.57. The first-order valence-corrected chi connectivity index (χ1v) is 21.5. The molecule has 4 aromatic carbocycles. The molecule has 0 N–H and O–H groups in total. The molecule has 0 radical (unpaired) electrons. The Morgan fingerprint density at radius 1 is 0.397 bits per heavy atom. The molecule has 0 amide bonds. The molecule has 2 aliphatic carbocycles. The van der Waals surface area contributed by atoms with E-state index in [0.717, 1.165) is 19.3 Å². The van der Waals surface area contributed by atoms with Gasteiger partial charge >= 0.3 is 23.9 Å². The summed E-state index contributed by atoms with van der Waals surface area (Å²) in [5.41, 5.74) is 2.54. The molecule has 0 spiro atoms. The number of carbonyl (C=O) groups is 4. The lowest BCUT2D eigenvalue weighted by Gasteiger charge is -2.25. The monoisotopic (exact) mass is 792 g/mol. The van der Waals surface area contributed by atoms with E-state index in [1.54, 1.807) is 24.3 Å². The third kappa shape index (κ3) is 14.6. The normalized spacial score (nSPS) is 18.8. The maximum absolute atomic E-state index is 12.6. The summed E-state index contributed by atoms with van der Waals surface area (Å²) in [6.45, 7) is 4.38. The number of aryl methyl sites for hydroxylation is 2. The highest BCUT2D eigenvalue weighted by molar-refractivity contribution is 5.78. The van der Waals surface area contributed by atoms with Gasteiger partial charge in [-0.3, -0.25) is 19.2 Å². The summed E-state index contributed by atoms with van der Waals surface area (Å²) >= 11 is 0. The predicted octanol–water partition coefficient (Wildman–Crippen LogP) is 12.0. The van der Waals surface area contributed by atoms with E-state index >= 15 is 0 Å². The maximum Gasteiger partial charge on any atom is 0.314 e. The predicted molar refractivity (Wildman–Crippen MR) is 230 cm³/mol. The van der Waals surface area contributed by atoms with Crippen LogP contribution in [-0.4, -0.2) is 23.9 Å². The van der Waals surface area contributed by atoms with Gasteiger partial charge in [-0.1, -0.05) is 107 Å². The van der Waals surface area contributed by atoms with Crippen LogP contribution >= 0.6 is 0 Å². The van der Waals surface area contributed by atoms with Crippen molar-refractivity contribution in [3.63, 3.8) is 0 Å². The topological polar surface area (TPSA) is 105 Å². The van der Waals surface area contributed by atoms with Crippen LogP contribution in [0.15, 0.2) is 109 Å². The molecule has 6 rings (SSSR count). The van der Waals surface area contributed by atoms with E-state index in [1.807, 2.05) is 72.8 Å². The Morgan fingerprint density at radius 3 is 1.03 bits per heavy atom. The van der Waals surface area contributed by atoms with Gasteiger partial charge in [-0.2, -0.15) is 0 Å². The summed E-state index contributed by atoms with van der Waals surface area (Å²) in [6.07, 6.45) is 14.8. The number of rotatable bonds is 16. The van der Waals surface area contributed by atoms with Gasteiger partial charge in [0.25, 0.3) is 0 Å². The maximum atomic E-state index is 12.6. The molecular weight excluding hydrogens is 729 g/mol. The van der Waals surface area contributed by atoms with E-state index in [1.165, 1.54) is 43.2 Å². The fraction of sp³-hybridized carbons (Fsp3) is 0.440. The first-order valence-electron chi connectivity index (χ1n) is 21.5. The lowest BCUT2D eigenvalue weighted by atomic mass is 9.82. The molecule has 0 saturated heterocycles. The number of carbonyl (C=O) groups excluding carboxylic acids is 4. The lowest BCUT2D eigenvalue weighted by molar-refractivity contribution is -0.145. The highest BCUT2D eigenvalue weighted by atomic mass is 16.5. The second-order valence-corrected chi connectivity index (χ2v) is 15.6. The SMILES string of the molecule is CCCCCCCc1ccc(OC(=O)C2CCC(C(=O)Oc3ccc(CCC)cc3)CC2)cc1.O=C(Oc1ccccc1)C1CCC(C(=O)Oc2ccccc2)CC1.[HH].[HH]. The number of hydrogen-bond donors (Lipinski definition) is 0. The molecule has 0 aromatic heterocycles. The van der Waals surface area contributed by atoms with Gasteiger partial charge in [-0.15, -0.1) is 0 Å². The number of benzene rings is 4. The Labute approximate surface area is 347 Å². The molecule has 0 unspecified atom stereocenters. The number of para-hydroxylation sites is 2. The van der Waals surface area contributed by atoms with Crippen LogP contribution in [-0.2, 0) is 32.0 Å². The Balaban J connectivity index is 0.000000327. The van der Waals surface area contributed by atoms with Crippen molar-refractivity contribution in [1.29, 1.82) is 0 Å². The minimum atomic E-state index is -0.212. The van der Waals surface area contributed by atoms with Gasteiger partial charge in [-0.25, -0.2) is 0 Å². The van der Waals surface area contributed by atoms with Gasteiger partial charge in [0, 0.05) is 2.85 Å². The summed E-state index contributed by atoms with van der Waals surface area (Å²) in [6, 6.07) is 33.8. The van der Waals surface area contributed by atoms with Crippen LogP contribution in [0.4, 0.5) is 0 Å². The zero-order valence-electron chi connectivity index (χ0n) is 34.3. The van der Waals surface area contributed by atoms with Crippen LogP contribution in [0.2, 0.25) is 0 Å². The number of esters is 4. The van der Waals surface area contributed by atoms with Crippen LogP contribution in [0.1, 0.15) is 118 Å². The average Bonchev–Trinajstić information content (AvgIpc) is 3.26. The highest BCUT2D eigenvalue weighted by Gasteiger charge is 2.33. The zero-order chi connectivity index (χ0) is 41.0. The fourth-order valence-electron chi connectivity index (χ4n) is 7.57. The van der Waals surface area contributed by atoms with Crippen molar-refractivity contribution in [2.24, 2.45) is 23.7 Å². The Morgan fingerprint density at radius 2 is 0.707 bits per heavy atom. The molecule has 0 heterocycles.